The third-order valence-electron chi connectivity index (χ3n) is 3.95. The van der Waals surface area contributed by atoms with Crippen molar-refractivity contribution >= 4 is 23.1 Å². The van der Waals surface area contributed by atoms with Crippen LogP contribution >= 0.6 is 0 Å². The van der Waals surface area contributed by atoms with E-state index in [0.29, 0.717) is 22.9 Å². The van der Waals surface area contributed by atoms with Gasteiger partial charge < -0.3 is 10.6 Å². The minimum absolute atomic E-state index is 0.181. The van der Waals surface area contributed by atoms with Gasteiger partial charge in [-0.15, -0.1) is 0 Å². The van der Waals surface area contributed by atoms with Gasteiger partial charge in [0.25, 0.3) is 5.91 Å². The monoisotopic (exact) mass is 371 g/mol. The van der Waals surface area contributed by atoms with Gasteiger partial charge in [-0.25, -0.2) is 15.0 Å². The van der Waals surface area contributed by atoms with Crippen molar-refractivity contribution in [1.82, 2.24) is 24.5 Å². The van der Waals surface area contributed by atoms with Crippen molar-refractivity contribution in [2.75, 3.05) is 10.6 Å². The molecule has 8 heteroatoms. The highest BCUT2D eigenvalue weighted by Crippen LogP contribution is 2.19. The number of hydrogen-bond acceptors (Lipinski definition) is 6. The molecule has 0 radical (unpaired) electrons. The van der Waals surface area contributed by atoms with Gasteiger partial charge in [0.15, 0.2) is 0 Å². The number of nitrogens with zero attached hydrogens (tertiary/aromatic N) is 5. The number of nitrogens with one attached hydrogen (secondary N) is 2. The van der Waals surface area contributed by atoms with Gasteiger partial charge in [-0.2, -0.15) is 0 Å². The van der Waals surface area contributed by atoms with Crippen LogP contribution < -0.4 is 10.6 Å². The lowest BCUT2D eigenvalue weighted by Crippen LogP contribution is -2.11. The summed E-state index contributed by atoms with van der Waals surface area (Å²) in [6.45, 7) is 1.84. The zero-order chi connectivity index (χ0) is 19.3. The largest absolute Gasteiger partial charge is 0.340 e. The Morgan fingerprint density at radius 1 is 0.929 bits per heavy atom. The van der Waals surface area contributed by atoms with Crippen LogP contribution in [0, 0.1) is 6.92 Å². The fraction of sp³-hybridized carbons (Fsp3) is 0.0500. The first-order valence-corrected chi connectivity index (χ1v) is 8.60. The second-order valence-corrected chi connectivity index (χ2v) is 6.02. The van der Waals surface area contributed by atoms with Crippen LogP contribution in [0.3, 0.4) is 0 Å². The molecular formula is C20H17N7O. The topological polar surface area (TPSA) is 97.6 Å². The molecule has 1 amide bonds. The van der Waals surface area contributed by atoms with Crippen molar-refractivity contribution in [3.05, 3.63) is 85.0 Å². The first-order chi connectivity index (χ1) is 13.7. The zero-order valence-corrected chi connectivity index (χ0v) is 15.1. The summed E-state index contributed by atoms with van der Waals surface area (Å²) in [5.41, 5.74) is 2.10. The third-order valence-corrected chi connectivity index (χ3v) is 3.95. The molecule has 28 heavy (non-hydrogen) atoms. The number of rotatable bonds is 5. The Balaban J connectivity index is 1.47. The molecule has 0 saturated carbocycles. The SMILES string of the molecule is Cc1nc(Nc2ccc(NC(=O)c3ccncc3)cc2)cc(-n2ccnc2)n1. The Bertz CT molecular complexity index is 1080. The van der Waals surface area contributed by atoms with Crippen LogP contribution in [0.4, 0.5) is 17.2 Å². The molecule has 1 aromatic carbocycles. The molecule has 0 aliphatic heterocycles. The van der Waals surface area contributed by atoms with Crippen LogP contribution in [0.15, 0.2) is 73.6 Å². The number of anilines is 3. The molecule has 4 rings (SSSR count). The van der Waals surface area contributed by atoms with E-state index in [1.165, 1.54) is 0 Å². The van der Waals surface area contributed by atoms with Crippen molar-refractivity contribution in [3.63, 3.8) is 0 Å². The first-order valence-electron chi connectivity index (χ1n) is 8.60. The van der Waals surface area contributed by atoms with E-state index in [0.717, 1.165) is 11.5 Å². The maximum Gasteiger partial charge on any atom is 0.255 e. The number of carbonyl (C=O) groups is 1. The molecule has 0 spiro atoms. The zero-order valence-electron chi connectivity index (χ0n) is 15.1. The van der Waals surface area contributed by atoms with E-state index in [1.54, 1.807) is 37.1 Å². The van der Waals surface area contributed by atoms with Gasteiger partial charge in [-0.1, -0.05) is 0 Å². The lowest BCUT2D eigenvalue weighted by atomic mass is 10.2. The molecule has 8 nitrogen and oxygen atoms in total. The molecule has 3 aromatic heterocycles. The number of amides is 1. The van der Waals surface area contributed by atoms with Gasteiger partial charge in [-0.05, 0) is 43.3 Å². The lowest BCUT2D eigenvalue weighted by molar-refractivity contribution is 0.102. The quantitative estimate of drug-likeness (QED) is 0.558. The van der Waals surface area contributed by atoms with E-state index in [4.69, 9.17) is 0 Å². The van der Waals surface area contributed by atoms with Gasteiger partial charge in [-0.3, -0.25) is 14.3 Å². The second kappa shape index (κ2) is 7.67. The molecule has 138 valence electrons. The van der Waals surface area contributed by atoms with Crippen molar-refractivity contribution in [2.24, 2.45) is 0 Å². The van der Waals surface area contributed by atoms with Crippen LogP contribution in [-0.2, 0) is 0 Å². The minimum Gasteiger partial charge on any atom is -0.340 e. The first kappa shape index (κ1) is 17.3. The number of benzene rings is 1. The highest BCUT2D eigenvalue weighted by atomic mass is 16.1. The van der Waals surface area contributed by atoms with Crippen molar-refractivity contribution in [2.45, 2.75) is 6.92 Å². The van der Waals surface area contributed by atoms with Gasteiger partial charge in [0.1, 0.15) is 23.8 Å². The molecular weight excluding hydrogens is 354 g/mol. The average molecular weight is 371 g/mol. The third kappa shape index (κ3) is 4.01. The average Bonchev–Trinajstić information content (AvgIpc) is 3.25. The number of aromatic nitrogens is 5. The van der Waals surface area contributed by atoms with Crippen LogP contribution in [-0.4, -0.2) is 30.4 Å². The van der Waals surface area contributed by atoms with E-state index in [9.17, 15) is 4.79 Å². The van der Waals surface area contributed by atoms with Crippen LogP contribution in [0.25, 0.3) is 5.82 Å². The van der Waals surface area contributed by atoms with E-state index in [2.05, 4.69) is 30.6 Å². The minimum atomic E-state index is -0.181. The highest BCUT2D eigenvalue weighted by molar-refractivity contribution is 6.04. The molecule has 4 aromatic rings. The van der Waals surface area contributed by atoms with Crippen LogP contribution in [0.2, 0.25) is 0 Å². The number of aryl methyl sites for hydroxylation is 1. The lowest BCUT2D eigenvalue weighted by Gasteiger charge is -2.10. The Morgan fingerprint density at radius 3 is 2.39 bits per heavy atom. The van der Waals surface area contributed by atoms with Crippen molar-refractivity contribution < 1.29 is 4.79 Å². The van der Waals surface area contributed by atoms with Gasteiger partial charge in [0.05, 0.1) is 0 Å². The fourth-order valence-electron chi connectivity index (χ4n) is 2.63. The summed E-state index contributed by atoms with van der Waals surface area (Å²) < 4.78 is 1.82. The van der Waals surface area contributed by atoms with Gasteiger partial charge in [0, 0.05) is 47.8 Å². The standard InChI is InChI=1S/C20H17N7O/c1-14-23-18(12-19(24-14)27-11-10-22-13-27)25-16-2-4-17(5-3-16)26-20(28)15-6-8-21-9-7-15/h2-13H,1H3,(H,26,28)(H,23,24,25). The summed E-state index contributed by atoms with van der Waals surface area (Å²) in [6.07, 6.45) is 8.38. The van der Waals surface area contributed by atoms with Crippen molar-refractivity contribution in [3.8, 4) is 5.82 Å². The maximum atomic E-state index is 12.2. The Kier molecular flexibility index (Phi) is 4.75. The number of pyridine rings is 1. The number of hydrogen-bond donors (Lipinski definition) is 2. The molecule has 0 atom stereocenters. The molecule has 0 aliphatic carbocycles. The summed E-state index contributed by atoms with van der Waals surface area (Å²) in [4.78, 5) is 29.0. The molecule has 0 fully saturated rings. The van der Waals surface area contributed by atoms with E-state index < -0.39 is 0 Å². The van der Waals surface area contributed by atoms with Crippen LogP contribution in [0.1, 0.15) is 16.2 Å². The second-order valence-electron chi connectivity index (χ2n) is 6.02. The molecule has 0 saturated heterocycles. The molecule has 0 aliphatic rings. The summed E-state index contributed by atoms with van der Waals surface area (Å²) >= 11 is 0. The predicted molar refractivity (Wildman–Crippen MR) is 106 cm³/mol. The number of carbonyl (C=O) groups excluding carboxylic acids is 1. The number of imidazole rings is 1. The summed E-state index contributed by atoms with van der Waals surface area (Å²) in [7, 11) is 0. The summed E-state index contributed by atoms with van der Waals surface area (Å²) in [5.74, 6) is 1.87. The maximum absolute atomic E-state index is 12.2. The van der Waals surface area contributed by atoms with E-state index >= 15 is 0 Å². The summed E-state index contributed by atoms with van der Waals surface area (Å²) in [5, 5.41) is 6.11. The van der Waals surface area contributed by atoms with Crippen LogP contribution in [0.5, 0.6) is 0 Å². The highest BCUT2D eigenvalue weighted by Gasteiger charge is 2.07. The smallest absolute Gasteiger partial charge is 0.255 e. The van der Waals surface area contributed by atoms with Crippen molar-refractivity contribution in [1.29, 1.82) is 0 Å². The molecule has 3 heterocycles. The van der Waals surface area contributed by atoms with E-state index in [-0.39, 0.29) is 5.91 Å². The molecule has 0 bridgehead atoms. The normalized spacial score (nSPS) is 10.5. The Morgan fingerprint density at radius 2 is 1.68 bits per heavy atom. The Labute approximate surface area is 161 Å². The van der Waals surface area contributed by atoms with E-state index in [1.807, 2.05) is 48.0 Å². The fourth-order valence-corrected chi connectivity index (χ4v) is 2.63. The summed E-state index contributed by atoms with van der Waals surface area (Å²) in [6, 6.07) is 12.6. The Hall–Kier alpha value is -4.07. The van der Waals surface area contributed by atoms with Gasteiger partial charge in [0.2, 0.25) is 0 Å². The molecule has 0 unspecified atom stereocenters. The molecule has 2 N–H and O–H groups in total. The van der Waals surface area contributed by atoms with Gasteiger partial charge >= 0.3 is 0 Å². The predicted octanol–water partition coefficient (Wildman–Crippen LogP) is 3.36.